The van der Waals surface area contributed by atoms with E-state index in [1.807, 2.05) is 35.7 Å². The minimum Gasteiger partial charge on any atom is -0.256 e. The smallest absolute Gasteiger partial charge is 0.101 e. The van der Waals surface area contributed by atoms with Crippen LogP contribution >= 0.6 is 27.3 Å². The Morgan fingerprint density at radius 3 is 2.94 bits per heavy atom. The van der Waals surface area contributed by atoms with Crippen LogP contribution in [0.2, 0.25) is 0 Å². The first kappa shape index (κ1) is 11.1. The molecule has 0 spiro atoms. The van der Waals surface area contributed by atoms with Gasteiger partial charge in [-0.1, -0.05) is 6.07 Å². The fourth-order valence-corrected chi connectivity index (χ4v) is 2.38. The number of halogens is 1. The van der Waals surface area contributed by atoms with Crippen molar-refractivity contribution in [2.45, 2.75) is 0 Å². The Kier molecular flexibility index (Phi) is 3.50. The molecule has 0 saturated carbocycles. The number of allylic oxidation sites excluding steroid dienone is 1. The molecule has 0 amide bonds. The summed E-state index contributed by atoms with van der Waals surface area (Å²) in [6.45, 7) is 0. The van der Waals surface area contributed by atoms with Gasteiger partial charge in [0.1, 0.15) is 6.07 Å². The first-order valence-electron chi connectivity index (χ1n) is 4.57. The Bertz CT molecular complexity index is 552. The van der Waals surface area contributed by atoms with E-state index in [4.69, 9.17) is 5.26 Å². The van der Waals surface area contributed by atoms with Crippen LogP contribution in [0.4, 0.5) is 0 Å². The fourth-order valence-electron chi connectivity index (χ4n) is 1.25. The van der Waals surface area contributed by atoms with E-state index in [0.717, 1.165) is 9.35 Å². The zero-order valence-corrected chi connectivity index (χ0v) is 10.6. The second-order valence-corrected chi connectivity index (χ2v) is 5.36. The highest BCUT2D eigenvalue weighted by Crippen LogP contribution is 2.24. The van der Waals surface area contributed by atoms with Crippen molar-refractivity contribution in [3.63, 3.8) is 0 Å². The molecule has 0 bridgehead atoms. The molecule has 0 N–H and O–H groups in total. The van der Waals surface area contributed by atoms with E-state index in [9.17, 15) is 0 Å². The number of nitriles is 1. The summed E-state index contributed by atoms with van der Waals surface area (Å²) in [6, 6.07) is 9.68. The second kappa shape index (κ2) is 5.06. The lowest BCUT2D eigenvalue weighted by molar-refractivity contribution is 1.28. The lowest BCUT2D eigenvalue weighted by Gasteiger charge is -1.95. The quantitative estimate of drug-likeness (QED) is 0.785. The molecule has 78 valence electrons. The topological polar surface area (TPSA) is 36.7 Å². The van der Waals surface area contributed by atoms with Crippen LogP contribution in [0, 0.1) is 11.3 Å². The molecule has 0 atom stereocenters. The highest BCUT2D eigenvalue weighted by molar-refractivity contribution is 9.11. The lowest BCUT2D eigenvalue weighted by atomic mass is 10.1. The van der Waals surface area contributed by atoms with Gasteiger partial charge in [-0.25, -0.2) is 0 Å². The van der Waals surface area contributed by atoms with Gasteiger partial charge >= 0.3 is 0 Å². The van der Waals surface area contributed by atoms with Crippen LogP contribution in [0.25, 0.3) is 11.6 Å². The number of rotatable bonds is 2. The van der Waals surface area contributed by atoms with Crippen molar-refractivity contribution < 1.29 is 0 Å². The maximum absolute atomic E-state index is 9.08. The van der Waals surface area contributed by atoms with E-state index < -0.39 is 0 Å². The van der Waals surface area contributed by atoms with Crippen molar-refractivity contribution in [2.24, 2.45) is 0 Å². The minimum absolute atomic E-state index is 0.575. The number of aromatic nitrogens is 1. The third kappa shape index (κ3) is 2.57. The second-order valence-electron chi connectivity index (χ2n) is 3.07. The van der Waals surface area contributed by atoms with E-state index in [2.05, 4.69) is 27.0 Å². The molecule has 2 aromatic rings. The van der Waals surface area contributed by atoms with Crippen LogP contribution in [0.5, 0.6) is 0 Å². The molecule has 0 aliphatic heterocycles. The molecule has 0 aliphatic carbocycles. The van der Waals surface area contributed by atoms with Gasteiger partial charge < -0.3 is 0 Å². The first-order valence-corrected chi connectivity index (χ1v) is 6.24. The lowest BCUT2D eigenvalue weighted by Crippen LogP contribution is -1.84. The average molecular weight is 291 g/mol. The van der Waals surface area contributed by atoms with Crippen molar-refractivity contribution in [1.29, 1.82) is 5.26 Å². The molecule has 2 nitrogen and oxygen atoms in total. The predicted octanol–water partition coefficient (Wildman–Crippen LogP) is 3.97. The van der Waals surface area contributed by atoms with Gasteiger partial charge in [0.2, 0.25) is 0 Å². The summed E-state index contributed by atoms with van der Waals surface area (Å²) in [5.74, 6) is 0. The SMILES string of the molecule is N#CC(=Cc1csc(Br)c1)c1ccccn1. The third-order valence-corrected chi connectivity index (χ3v) is 3.48. The van der Waals surface area contributed by atoms with Crippen LogP contribution in [-0.4, -0.2) is 4.98 Å². The van der Waals surface area contributed by atoms with Gasteiger partial charge in [-0.3, -0.25) is 4.98 Å². The fraction of sp³-hybridized carbons (Fsp3) is 0. The summed E-state index contributed by atoms with van der Waals surface area (Å²) in [5.41, 5.74) is 2.29. The Morgan fingerprint density at radius 2 is 2.38 bits per heavy atom. The number of pyridine rings is 1. The molecule has 0 saturated heterocycles. The molecule has 0 radical (unpaired) electrons. The molecular formula is C12H7BrN2S. The normalized spacial score (nSPS) is 11.1. The van der Waals surface area contributed by atoms with E-state index in [-0.39, 0.29) is 0 Å². The number of nitrogens with zero attached hydrogens (tertiary/aromatic N) is 2. The Labute approximate surface area is 106 Å². The number of hydrogen-bond donors (Lipinski definition) is 0. The van der Waals surface area contributed by atoms with Gasteiger partial charge in [0.25, 0.3) is 0 Å². The number of thiophene rings is 1. The van der Waals surface area contributed by atoms with E-state index >= 15 is 0 Å². The van der Waals surface area contributed by atoms with Gasteiger partial charge in [-0.05, 0) is 51.1 Å². The molecule has 0 fully saturated rings. The van der Waals surface area contributed by atoms with Crippen LogP contribution in [0.1, 0.15) is 11.3 Å². The van der Waals surface area contributed by atoms with Crippen molar-refractivity contribution >= 4 is 38.9 Å². The summed E-state index contributed by atoms with van der Waals surface area (Å²) in [7, 11) is 0. The average Bonchev–Trinajstić information content (AvgIpc) is 2.73. The van der Waals surface area contributed by atoms with Crippen molar-refractivity contribution in [3.05, 3.63) is 50.9 Å². The molecule has 0 unspecified atom stereocenters. The van der Waals surface area contributed by atoms with Gasteiger partial charge in [0.15, 0.2) is 0 Å². The summed E-state index contributed by atoms with van der Waals surface area (Å²) in [4.78, 5) is 4.15. The zero-order valence-electron chi connectivity index (χ0n) is 8.22. The van der Waals surface area contributed by atoms with E-state index in [1.54, 1.807) is 17.5 Å². The van der Waals surface area contributed by atoms with Crippen LogP contribution in [0.3, 0.4) is 0 Å². The monoisotopic (exact) mass is 290 g/mol. The van der Waals surface area contributed by atoms with E-state index in [1.165, 1.54) is 0 Å². The summed E-state index contributed by atoms with van der Waals surface area (Å²) in [6.07, 6.45) is 3.52. The Morgan fingerprint density at radius 1 is 1.50 bits per heavy atom. The maximum Gasteiger partial charge on any atom is 0.101 e. The Hall–Kier alpha value is -1.44. The first-order chi connectivity index (χ1) is 7.79. The maximum atomic E-state index is 9.08. The highest BCUT2D eigenvalue weighted by Gasteiger charge is 2.02. The van der Waals surface area contributed by atoms with E-state index in [0.29, 0.717) is 11.3 Å². The largest absolute Gasteiger partial charge is 0.256 e. The standard InChI is InChI=1S/C12H7BrN2S/c13-12-6-9(8-16-12)5-10(7-14)11-3-1-2-4-15-11/h1-6,8H. The van der Waals surface area contributed by atoms with Crippen LogP contribution in [-0.2, 0) is 0 Å². The number of hydrogen-bond acceptors (Lipinski definition) is 3. The van der Waals surface area contributed by atoms with Crippen molar-refractivity contribution in [1.82, 2.24) is 4.98 Å². The molecule has 0 aliphatic rings. The van der Waals surface area contributed by atoms with Crippen LogP contribution in [0.15, 0.2) is 39.6 Å². The minimum atomic E-state index is 0.575. The summed E-state index contributed by atoms with van der Waals surface area (Å²) in [5, 5.41) is 11.1. The van der Waals surface area contributed by atoms with Gasteiger partial charge in [0.05, 0.1) is 15.1 Å². The Balaban J connectivity index is 2.38. The van der Waals surface area contributed by atoms with Crippen molar-refractivity contribution in [2.75, 3.05) is 0 Å². The van der Waals surface area contributed by atoms with Gasteiger partial charge in [0, 0.05) is 6.20 Å². The van der Waals surface area contributed by atoms with Gasteiger partial charge in [-0.15, -0.1) is 11.3 Å². The molecule has 4 heteroatoms. The van der Waals surface area contributed by atoms with Crippen molar-refractivity contribution in [3.8, 4) is 6.07 Å². The van der Waals surface area contributed by atoms with Crippen LogP contribution < -0.4 is 0 Å². The summed E-state index contributed by atoms with van der Waals surface area (Å²) < 4.78 is 1.05. The van der Waals surface area contributed by atoms with Gasteiger partial charge in [-0.2, -0.15) is 5.26 Å². The molecule has 2 aromatic heterocycles. The molecular weight excluding hydrogens is 284 g/mol. The third-order valence-electron chi connectivity index (χ3n) is 1.96. The zero-order chi connectivity index (χ0) is 11.4. The highest BCUT2D eigenvalue weighted by atomic mass is 79.9. The molecule has 16 heavy (non-hydrogen) atoms. The molecule has 0 aromatic carbocycles. The molecule has 2 rings (SSSR count). The summed E-state index contributed by atoms with van der Waals surface area (Å²) >= 11 is 4.99. The molecule has 2 heterocycles. The predicted molar refractivity (Wildman–Crippen MR) is 69.7 cm³/mol.